The number of hydrogen-bond acceptors (Lipinski definition) is 2. The van der Waals surface area contributed by atoms with E-state index in [9.17, 15) is 18.0 Å². The predicted octanol–water partition coefficient (Wildman–Crippen LogP) is 4.55. The molecule has 2 aromatic rings. The summed E-state index contributed by atoms with van der Waals surface area (Å²) in [5.41, 5.74) is 0.381. The molecule has 0 saturated carbocycles. The molecule has 6 heteroatoms. The molecule has 1 aliphatic heterocycles. The van der Waals surface area contributed by atoms with E-state index in [1.54, 1.807) is 36.4 Å². The maximum absolute atomic E-state index is 13.2. The van der Waals surface area contributed by atoms with Crippen LogP contribution in [0, 0.1) is 0 Å². The van der Waals surface area contributed by atoms with Crippen LogP contribution >= 0.6 is 0 Å². The van der Waals surface area contributed by atoms with Crippen molar-refractivity contribution in [2.45, 2.75) is 25.6 Å². The molecule has 0 unspecified atom stereocenters. The molecular weight excluding hydrogens is 329 g/mol. The number of alkyl halides is 3. The number of nitrogens with one attached hydrogen (secondary N) is 1. The van der Waals surface area contributed by atoms with Crippen LogP contribution in [0.2, 0.25) is 0 Å². The molecule has 0 spiro atoms. The van der Waals surface area contributed by atoms with E-state index in [1.807, 2.05) is 0 Å². The van der Waals surface area contributed by atoms with E-state index in [0.29, 0.717) is 17.7 Å². The Morgan fingerprint density at radius 2 is 1.72 bits per heavy atom. The third kappa shape index (κ3) is 4.60. The smallest absolute Gasteiger partial charge is 0.322 e. The van der Waals surface area contributed by atoms with Gasteiger partial charge in [-0.3, -0.25) is 9.69 Å². The minimum absolute atomic E-state index is 0.165. The average molecular weight is 348 g/mol. The maximum atomic E-state index is 13.2. The van der Waals surface area contributed by atoms with E-state index >= 15 is 0 Å². The molecule has 1 aliphatic rings. The summed E-state index contributed by atoms with van der Waals surface area (Å²) in [5, 5.41) is 2.58. The quantitative estimate of drug-likeness (QED) is 0.879. The van der Waals surface area contributed by atoms with Crippen LogP contribution in [0.1, 0.15) is 34.3 Å². The summed E-state index contributed by atoms with van der Waals surface area (Å²) in [4.78, 5) is 14.4. The molecule has 0 aromatic heterocycles. The van der Waals surface area contributed by atoms with Crippen LogP contribution < -0.4 is 5.32 Å². The molecular formula is C19H19F3N2O. The molecule has 0 atom stereocenters. The molecule has 1 amide bonds. The second-order valence-corrected chi connectivity index (χ2v) is 6.22. The summed E-state index contributed by atoms with van der Waals surface area (Å²) in [5.74, 6) is -0.424. The third-order valence-electron chi connectivity index (χ3n) is 4.22. The van der Waals surface area contributed by atoms with Crippen LogP contribution in [0.15, 0.2) is 48.5 Å². The second kappa shape index (κ2) is 7.27. The molecule has 0 radical (unpaired) electrons. The molecule has 1 N–H and O–H groups in total. The van der Waals surface area contributed by atoms with Crippen molar-refractivity contribution in [2.24, 2.45) is 0 Å². The van der Waals surface area contributed by atoms with Gasteiger partial charge in [0, 0.05) is 17.8 Å². The van der Waals surface area contributed by atoms with E-state index in [1.165, 1.54) is 0 Å². The van der Waals surface area contributed by atoms with Gasteiger partial charge in [0.2, 0.25) is 0 Å². The van der Waals surface area contributed by atoms with Crippen molar-refractivity contribution in [3.8, 4) is 0 Å². The highest BCUT2D eigenvalue weighted by Gasteiger charge is 2.31. The molecule has 1 heterocycles. The molecule has 3 rings (SSSR count). The average Bonchev–Trinajstić information content (AvgIpc) is 3.07. The first-order valence-corrected chi connectivity index (χ1v) is 8.22. The number of nitrogens with zero attached hydrogens (tertiary/aromatic N) is 1. The van der Waals surface area contributed by atoms with Crippen molar-refractivity contribution < 1.29 is 18.0 Å². The first kappa shape index (κ1) is 17.5. The Morgan fingerprint density at radius 1 is 1.04 bits per heavy atom. The van der Waals surface area contributed by atoms with E-state index in [0.717, 1.165) is 38.1 Å². The van der Waals surface area contributed by atoms with Gasteiger partial charge in [-0.05, 0) is 61.8 Å². The van der Waals surface area contributed by atoms with Crippen LogP contribution in [0.4, 0.5) is 18.9 Å². The zero-order chi connectivity index (χ0) is 17.9. The van der Waals surface area contributed by atoms with Gasteiger partial charge >= 0.3 is 6.18 Å². The van der Waals surface area contributed by atoms with Crippen molar-refractivity contribution in [3.05, 3.63) is 65.2 Å². The monoisotopic (exact) mass is 348 g/mol. The first-order valence-electron chi connectivity index (χ1n) is 8.22. The zero-order valence-corrected chi connectivity index (χ0v) is 13.6. The normalized spacial score (nSPS) is 15.3. The van der Waals surface area contributed by atoms with Crippen molar-refractivity contribution in [2.75, 3.05) is 18.4 Å². The molecule has 2 aromatic carbocycles. The van der Waals surface area contributed by atoms with Gasteiger partial charge in [-0.15, -0.1) is 0 Å². The lowest BCUT2D eigenvalue weighted by molar-refractivity contribution is -0.137. The van der Waals surface area contributed by atoms with E-state index in [-0.39, 0.29) is 5.69 Å². The zero-order valence-electron chi connectivity index (χ0n) is 13.6. The molecule has 3 nitrogen and oxygen atoms in total. The molecule has 0 aliphatic carbocycles. The Bertz CT molecular complexity index is 738. The van der Waals surface area contributed by atoms with Crippen molar-refractivity contribution >= 4 is 11.6 Å². The largest absolute Gasteiger partial charge is 0.416 e. The Morgan fingerprint density at radius 3 is 2.36 bits per heavy atom. The van der Waals surface area contributed by atoms with Gasteiger partial charge in [0.1, 0.15) is 0 Å². The van der Waals surface area contributed by atoms with E-state index in [4.69, 9.17) is 0 Å². The minimum atomic E-state index is -4.45. The number of carbonyl (C=O) groups excluding carboxylic acids is 1. The van der Waals surface area contributed by atoms with Crippen LogP contribution in [0.3, 0.4) is 0 Å². The van der Waals surface area contributed by atoms with Gasteiger partial charge in [-0.2, -0.15) is 13.2 Å². The molecule has 1 fully saturated rings. The van der Waals surface area contributed by atoms with E-state index < -0.39 is 17.6 Å². The highest BCUT2D eigenvalue weighted by molar-refractivity contribution is 6.04. The molecule has 132 valence electrons. The number of hydrogen-bond donors (Lipinski definition) is 1. The van der Waals surface area contributed by atoms with Crippen molar-refractivity contribution in [1.82, 2.24) is 4.90 Å². The topological polar surface area (TPSA) is 32.3 Å². The SMILES string of the molecule is O=C(Nc1cc(CN2CCCC2)cc(C(F)(F)F)c1)c1ccccc1. The van der Waals surface area contributed by atoms with E-state index in [2.05, 4.69) is 10.2 Å². The number of carbonyl (C=O) groups is 1. The number of anilines is 1. The van der Waals surface area contributed by atoms with Gasteiger partial charge in [0.05, 0.1) is 5.56 Å². The summed E-state index contributed by atoms with van der Waals surface area (Å²) in [6, 6.07) is 12.2. The molecule has 25 heavy (non-hydrogen) atoms. The fourth-order valence-corrected chi connectivity index (χ4v) is 3.01. The Kier molecular flexibility index (Phi) is 5.08. The summed E-state index contributed by atoms with van der Waals surface area (Å²) < 4.78 is 39.6. The number of amides is 1. The number of benzene rings is 2. The third-order valence-corrected chi connectivity index (χ3v) is 4.22. The number of halogens is 3. The minimum Gasteiger partial charge on any atom is -0.322 e. The molecule has 0 bridgehead atoms. The maximum Gasteiger partial charge on any atom is 0.416 e. The van der Waals surface area contributed by atoms with Gasteiger partial charge < -0.3 is 5.32 Å². The van der Waals surface area contributed by atoms with Crippen molar-refractivity contribution in [1.29, 1.82) is 0 Å². The fourth-order valence-electron chi connectivity index (χ4n) is 3.01. The van der Waals surface area contributed by atoms with Crippen LogP contribution in [-0.2, 0) is 12.7 Å². The van der Waals surface area contributed by atoms with Gasteiger partial charge in [0.25, 0.3) is 5.91 Å². The highest BCUT2D eigenvalue weighted by atomic mass is 19.4. The summed E-state index contributed by atoms with van der Waals surface area (Å²) in [7, 11) is 0. The lowest BCUT2D eigenvalue weighted by Crippen LogP contribution is -2.19. The second-order valence-electron chi connectivity index (χ2n) is 6.22. The fraction of sp³-hybridized carbons (Fsp3) is 0.316. The van der Waals surface area contributed by atoms with Gasteiger partial charge in [-0.1, -0.05) is 18.2 Å². The van der Waals surface area contributed by atoms with Crippen LogP contribution in [-0.4, -0.2) is 23.9 Å². The Balaban J connectivity index is 1.85. The van der Waals surface area contributed by atoms with Crippen molar-refractivity contribution in [3.63, 3.8) is 0 Å². The standard InChI is InChI=1S/C19H19F3N2O/c20-19(21,22)16-10-14(13-24-8-4-5-9-24)11-17(12-16)23-18(25)15-6-2-1-3-7-15/h1-3,6-7,10-12H,4-5,8-9,13H2,(H,23,25). The van der Waals surface area contributed by atoms with Crippen LogP contribution in [0.25, 0.3) is 0 Å². The Hall–Kier alpha value is -2.34. The summed E-state index contributed by atoms with van der Waals surface area (Å²) in [6.45, 7) is 2.24. The Labute approximate surface area is 144 Å². The number of likely N-dealkylation sites (tertiary alicyclic amines) is 1. The molecule has 1 saturated heterocycles. The highest BCUT2D eigenvalue weighted by Crippen LogP contribution is 2.32. The predicted molar refractivity (Wildman–Crippen MR) is 90.4 cm³/mol. The lowest BCUT2D eigenvalue weighted by Gasteiger charge is -2.18. The number of rotatable bonds is 4. The van der Waals surface area contributed by atoms with Gasteiger partial charge in [-0.25, -0.2) is 0 Å². The lowest BCUT2D eigenvalue weighted by atomic mass is 10.1. The summed E-state index contributed by atoms with van der Waals surface area (Å²) >= 11 is 0. The van der Waals surface area contributed by atoms with Crippen LogP contribution in [0.5, 0.6) is 0 Å². The van der Waals surface area contributed by atoms with Gasteiger partial charge in [0.15, 0.2) is 0 Å². The first-order chi connectivity index (χ1) is 11.9. The summed E-state index contributed by atoms with van der Waals surface area (Å²) in [6.07, 6.45) is -2.32.